The molecular weight excluding hydrogens is 469 g/mol. The van der Waals surface area contributed by atoms with Crippen molar-refractivity contribution in [2.24, 2.45) is 7.05 Å². The number of nitrogens with zero attached hydrogens (tertiary/aromatic N) is 2. The predicted octanol–water partition coefficient (Wildman–Crippen LogP) is 5.91. The lowest BCUT2D eigenvalue weighted by Crippen LogP contribution is -2.16. The van der Waals surface area contributed by atoms with Crippen molar-refractivity contribution in [1.29, 1.82) is 0 Å². The molecule has 0 unspecified atom stereocenters. The summed E-state index contributed by atoms with van der Waals surface area (Å²) in [5, 5.41) is 5.78. The summed E-state index contributed by atoms with van der Waals surface area (Å²) in [4.78, 5) is 29.2. The number of aromatic nitrogens is 2. The first-order valence-electron chi connectivity index (χ1n) is 10.0. The number of rotatable bonds is 4. The number of anilines is 3. The second-order valence-corrected chi connectivity index (χ2v) is 8.10. The number of carbonyl (C=O) groups is 1. The van der Waals surface area contributed by atoms with E-state index in [9.17, 15) is 22.8 Å². The Morgan fingerprint density at radius 3 is 2.50 bits per heavy atom. The van der Waals surface area contributed by atoms with E-state index >= 15 is 0 Å². The summed E-state index contributed by atoms with van der Waals surface area (Å²) in [6.45, 7) is 1.85. The number of aryl methyl sites for hydroxylation is 2. The lowest BCUT2D eigenvalue weighted by Gasteiger charge is -2.14. The molecule has 174 valence electrons. The van der Waals surface area contributed by atoms with Gasteiger partial charge < -0.3 is 15.2 Å². The first-order chi connectivity index (χ1) is 16.0. The van der Waals surface area contributed by atoms with Gasteiger partial charge in [0.25, 0.3) is 11.5 Å². The Balaban J connectivity index is 1.60. The molecule has 0 saturated carbocycles. The van der Waals surface area contributed by atoms with Crippen LogP contribution < -0.4 is 16.2 Å². The smallest absolute Gasteiger partial charge is 0.355 e. The fourth-order valence-electron chi connectivity index (χ4n) is 3.37. The first kappa shape index (κ1) is 23.3. The number of hydrogen-bond donors (Lipinski definition) is 2. The maximum atomic E-state index is 13.1. The van der Waals surface area contributed by atoms with Crippen LogP contribution in [0.1, 0.15) is 21.5 Å². The number of nitrogens with one attached hydrogen (secondary N) is 2. The van der Waals surface area contributed by atoms with Crippen molar-refractivity contribution in [2.75, 3.05) is 10.6 Å². The largest absolute Gasteiger partial charge is 0.417 e. The quantitative estimate of drug-likeness (QED) is 0.376. The Morgan fingerprint density at radius 2 is 1.76 bits per heavy atom. The molecule has 0 spiro atoms. The van der Waals surface area contributed by atoms with Crippen LogP contribution in [0.5, 0.6) is 0 Å². The monoisotopic (exact) mass is 486 g/mol. The Bertz CT molecular complexity index is 1480. The van der Waals surface area contributed by atoms with Gasteiger partial charge in [-0.2, -0.15) is 13.2 Å². The normalized spacial score (nSPS) is 11.5. The van der Waals surface area contributed by atoms with Gasteiger partial charge in [-0.25, -0.2) is 4.98 Å². The fraction of sp³-hybridized carbons (Fsp3) is 0.125. The van der Waals surface area contributed by atoms with Crippen molar-refractivity contribution < 1.29 is 18.0 Å². The molecule has 0 atom stereocenters. The first-order valence-corrected chi connectivity index (χ1v) is 10.4. The summed E-state index contributed by atoms with van der Waals surface area (Å²) in [7, 11) is 1.61. The molecule has 0 aliphatic carbocycles. The average Bonchev–Trinajstić information content (AvgIpc) is 2.78. The molecule has 0 radical (unpaired) electrons. The highest BCUT2D eigenvalue weighted by Crippen LogP contribution is 2.35. The molecule has 6 nitrogen and oxygen atoms in total. The zero-order chi connectivity index (χ0) is 24.6. The standard InChI is InChI=1S/C24H18ClF3N4O2/c1-13-3-5-16(31-22(33)14-4-7-19(25)18(9-14)24(26,27)28)11-21(13)30-15-6-8-20-17(10-15)23(34)32(2)12-29-20/h3-12,30H,1-2H3,(H,31,33). The second kappa shape index (κ2) is 8.83. The molecule has 0 fully saturated rings. The Morgan fingerprint density at radius 1 is 1.03 bits per heavy atom. The highest BCUT2D eigenvalue weighted by atomic mass is 35.5. The van der Waals surface area contributed by atoms with Crippen LogP contribution >= 0.6 is 11.6 Å². The fourth-order valence-corrected chi connectivity index (χ4v) is 3.59. The molecule has 4 rings (SSSR count). The molecule has 0 aliphatic heterocycles. The van der Waals surface area contributed by atoms with Gasteiger partial charge in [0.2, 0.25) is 0 Å². The highest BCUT2D eigenvalue weighted by molar-refractivity contribution is 6.31. The molecular formula is C24H18ClF3N4O2. The van der Waals surface area contributed by atoms with Crippen molar-refractivity contribution in [3.8, 4) is 0 Å². The molecule has 1 aromatic heterocycles. The summed E-state index contributed by atoms with van der Waals surface area (Å²) in [5.41, 5.74) is 1.62. The van der Waals surface area contributed by atoms with Gasteiger partial charge in [-0.3, -0.25) is 9.59 Å². The third kappa shape index (κ3) is 4.74. The number of alkyl halides is 3. The van der Waals surface area contributed by atoms with E-state index in [4.69, 9.17) is 11.6 Å². The molecule has 4 aromatic rings. The molecule has 0 bridgehead atoms. The van der Waals surface area contributed by atoms with Crippen LogP contribution in [0.2, 0.25) is 5.02 Å². The molecule has 0 aliphatic rings. The Labute approximate surface area is 197 Å². The van der Waals surface area contributed by atoms with E-state index in [2.05, 4.69) is 15.6 Å². The minimum Gasteiger partial charge on any atom is -0.355 e. The molecule has 2 N–H and O–H groups in total. The van der Waals surface area contributed by atoms with Crippen LogP contribution in [-0.2, 0) is 13.2 Å². The number of hydrogen-bond acceptors (Lipinski definition) is 4. The number of carbonyl (C=O) groups excluding carboxylic acids is 1. The van der Waals surface area contributed by atoms with Gasteiger partial charge in [0.1, 0.15) is 0 Å². The Kier molecular flexibility index (Phi) is 6.05. The molecule has 1 amide bonds. The maximum absolute atomic E-state index is 13.1. The van der Waals surface area contributed by atoms with E-state index in [0.29, 0.717) is 34.0 Å². The van der Waals surface area contributed by atoms with Crippen LogP contribution in [0.25, 0.3) is 10.9 Å². The van der Waals surface area contributed by atoms with E-state index in [0.717, 1.165) is 11.6 Å². The lowest BCUT2D eigenvalue weighted by atomic mass is 10.1. The van der Waals surface area contributed by atoms with Crippen molar-refractivity contribution in [2.45, 2.75) is 13.1 Å². The lowest BCUT2D eigenvalue weighted by molar-refractivity contribution is -0.137. The van der Waals surface area contributed by atoms with E-state index < -0.39 is 22.7 Å². The summed E-state index contributed by atoms with van der Waals surface area (Å²) >= 11 is 5.63. The van der Waals surface area contributed by atoms with Crippen molar-refractivity contribution in [1.82, 2.24) is 9.55 Å². The van der Waals surface area contributed by atoms with Crippen molar-refractivity contribution >= 4 is 45.5 Å². The number of benzene rings is 3. The van der Waals surface area contributed by atoms with Crippen LogP contribution in [0, 0.1) is 6.92 Å². The third-order valence-electron chi connectivity index (χ3n) is 5.23. The topological polar surface area (TPSA) is 76.0 Å². The van der Waals surface area contributed by atoms with Gasteiger partial charge in [-0.15, -0.1) is 0 Å². The zero-order valence-corrected chi connectivity index (χ0v) is 18.8. The minimum atomic E-state index is -4.68. The van der Waals surface area contributed by atoms with E-state index in [-0.39, 0.29) is 11.1 Å². The SMILES string of the molecule is Cc1ccc(NC(=O)c2ccc(Cl)c(C(F)(F)F)c2)cc1Nc1ccc2ncn(C)c(=O)c2c1. The van der Waals surface area contributed by atoms with E-state index in [1.165, 1.54) is 17.0 Å². The second-order valence-electron chi connectivity index (χ2n) is 7.69. The Hall–Kier alpha value is -3.85. The van der Waals surface area contributed by atoms with Crippen molar-refractivity contribution in [3.63, 3.8) is 0 Å². The van der Waals surface area contributed by atoms with Gasteiger partial charge in [-0.1, -0.05) is 17.7 Å². The predicted molar refractivity (Wildman–Crippen MR) is 126 cm³/mol. The summed E-state index contributed by atoms with van der Waals surface area (Å²) in [6.07, 6.45) is -3.23. The van der Waals surface area contributed by atoms with Gasteiger partial charge in [0.05, 0.1) is 27.8 Å². The summed E-state index contributed by atoms with van der Waals surface area (Å²) in [6, 6.07) is 13.2. The molecule has 1 heterocycles. The number of fused-ring (bicyclic) bond motifs is 1. The number of halogens is 4. The van der Waals surface area contributed by atoms with Gasteiger partial charge in [-0.05, 0) is 61.0 Å². The van der Waals surface area contributed by atoms with Crippen LogP contribution in [0.3, 0.4) is 0 Å². The highest BCUT2D eigenvalue weighted by Gasteiger charge is 2.33. The van der Waals surface area contributed by atoms with Gasteiger partial charge in [0, 0.05) is 29.7 Å². The van der Waals surface area contributed by atoms with Crippen molar-refractivity contribution in [3.05, 3.63) is 93.0 Å². The molecule has 3 aromatic carbocycles. The van der Waals surface area contributed by atoms with Gasteiger partial charge >= 0.3 is 6.18 Å². The minimum absolute atomic E-state index is 0.176. The zero-order valence-electron chi connectivity index (χ0n) is 18.0. The molecule has 10 heteroatoms. The average molecular weight is 487 g/mol. The van der Waals surface area contributed by atoms with E-state index in [1.54, 1.807) is 43.4 Å². The summed E-state index contributed by atoms with van der Waals surface area (Å²) in [5.74, 6) is -0.711. The summed E-state index contributed by atoms with van der Waals surface area (Å²) < 4.78 is 40.7. The molecule has 0 saturated heterocycles. The van der Waals surface area contributed by atoms with Crippen LogP contribution in [0.4, 0.5) is 30.2 Å². The van der Waals surface area contributed by atoms with Crippen LogP contribution in [-0.4, -0.2) is 15.5 Å². The van der Waals surface area contributed by atoms with Gasteiger partial charge in [0.15, 0.2) is 0 Å². The maximum Gasteiger partial charge on any atom is 0.417 e. The molecule has 34 heavy (non-hydrogen) atoms. The third-order valence-corrected chi connectivity index (χ3v) is 5.56. The van der Waals surface area contributed by atoms with E-state index in [1.807, 2.05) is 6.92 Å². The number of amides is 1. The van der Waals surface area contributed by atoms with Crippen LogP contribution in [0.15, 0.2) is 65.7 Å².